The molecular formula is C24H32N8O4. The van der Waals surface area contributed by atoms with Crippen molar-refractivity contribution in [2.75, 3.05) is 30.8 Å². The molecule has 0 aliphatic rings. The number of aromatic amines is 1. The van der Waals surface area contributed by atoms with Gasteiger partial charge in [-0.3, -0.25) is 23.9 Å². The number of carbonyl (C=O) groups excluding carboxylic acids is 2. The quantitative estimate of drug-likeness (QED) is 0.450. The Kier molecular flexibility index (Phi) is 8.07. The number of H-pyrrole nitrogens is 1. The Morgan fingerprint density at radius 2 is 1.75 bits per heavy atom. The first-order valence-electron chi connectivity index (χ1n) is 11.7. The number of aromatic nitrogens is 5. The highest BCUT2D eigenvalue weighted by Gasteiger charge is 2.28. The summed E-state index contributed by atoms with van der Waals surface area (Å²) < 4.78 is 1.25. The molecule has 2 aromatic heterocycles. The van der Waals surface area contributed by atoms with E-state index in [1.54, 1.807) is 12.1 Å². The Labute approximate surface area is 208 Å². The van der Waals surface area contributed by atoms with Gasteiger partial charge in [0.2, 0.25) is 5.91 Å². The smallest absolute Gasteiger partial charge is 0.330 e. The van der Waals surface area contributed by atoms with Crippen LogP contribution in [0.5, 0.6) is 0 Å². The second-order valence-corrected chi connectivity index (χ2v) is 9.41. The van der Waals surface area contributed by atoms with E-state index in [-0.39, 0.29) is 48.7 Å². The minimum atomic E-state index is -0.758. The molecule has 0 radical (unpaired) electrons. The molecule has 192 valence electrons. The molecule has 0 bridgehead atoms. The van der Waals surface area contributed by atoms with Crippen LogP contribution in [0, 0.1) is 11.8 Å². The van der Waals surface area contributed by atoms with Crippen LogP contribution >= 0.6 is 0 Å². The van der Waals surface area contributed by atoms with Crippen molar-refractivity contribution < 1.29 is 9.59 Å². The topological polar surface area (TPSA) is 152 Å². The Balaban J connectivity index is 1.87. The summed E-state index contributed by atoms with van der Waals surface area (Å²) in [6, 6.07) is 9.10. The maximum absolute atomic E-state index is 13.4. The maximum Gasteiger partial charge on any atom is 0.330 e. The molecule has 3 rings (SSSR count). The van der Waals surface area contributed by atoms with Gasteiger partial charge in [0.1, 0.15) is 12.4 Å². The van der Waals surface area contributed by atoms with Crippen molar-refractivity contribution in [1.82, 2.24) is 29.4 Å². The molecule has 0 aliphatic carbocycles. The number of nitrogens with one attached hydrogen (secondary N) is 1. The molecule has 0 atom stereocenters. The minimum Gasteiger partial charge on any atom is -0.383 e. The first-order chi connectivity index (χ1) is 17.0. The monoisotopic (exact) mass is 496 g/mol. The van der Waals surface area contributed by atoms with Gasteiger partial charge in [-0.25, -0.2) is 4.79 Å². The van der Waals surface area contributed by atoms with Gasteiger partial charge in [-0.1, -0.05) is 45.9 Å². The molecule has 0 spiro atoms. The second-order valence-electron chi connectivity index (χ2n) is 9.41. The van der Waals surface area contributed by atoms with Gasteiger partial charge in [0, 0.05) is 20.1 Å². The molecule has 0 saturated carbocycles. The minimum absolute atomic E-state index is 0.0231. The lowest BCUT2D eigenvalue weighted by Gasteiger charge is -2.28. The molecule has 0 saturated heterocycles. The molecule has 0 unspecified atom stereocenters. The third kappa shape index (κ3) is 5.88. The molecule has 2 heterocycles. The number of nitrogens with two attached hydrogens (primary N) is 1. The average molecular weight is 497 g/mol. The van der Waals surface area contributed by atoms with E-state index in [0.717, 1.165) is 0 Å². The molecule has 1 aromatic carbocycles. The Morgan fingerprint density at radius 1 is 1.08 bits per heavy atom. The Morgan fingerprint density at radius 3 is 2.36 bits per heavy atom. The number of rotatable bonds is 9. The van der Waals surface area contributed by atoms with Gasteiger partial charge in [0.05, 0.1) is 11.9 Å². The highest BCUT2D eigenvalue weighted by atomic mass is 16.2. The van der Waals surface area contributed by atoms with Crippen molar-refractivity contribution in [3.05, 3.63) is 63.1 Å². The number of benzene rings is 1. The molecule has 2 amide bonds. The fourth-order valence-corrected chi connectivity index (χ4v) is 3.67. The van der Waals surface area contributed by atoms with Gasteiger partial charge in [-0.15, -0.1) is 5.10 Å². The number of carbonyl (C=O) groups is 2. The lowest BCUT2D eigenvalue weighted by Crippen LogP contribution is -2.47. The maximum atomic E-state index is 13.4. The molecule has 3 N–H and O–H groups in total. The summed E-state index contributed by atoms with van der Waals surface area (Å²) in [5, 5.41) is 8.34. The van der Waals surface area contributed by atoms with Crippen LogP contribution in [0.2, 0.25) is 0 Å². The number of nitrogens with zero attached hydrogens (tertiary/aromatic N) is 6. The second kappa shape index (κ2) is 11.0. The summed E-state index contributed by atoms with van der Waals surface area (Å²) in [5.41, 5.74) is 5.48. The fourth-order valence-electron chi connectivity index (χ4n) is 3.67. The largest absolute Gasteiger partial charge is 0.383 e. The predicted octanol–water partition coefficient (Wildman–Crippen LogP) is 1.12. The molecule has 3 aromatic rings. The first-order valence-corrected chi connectivity index (χ1v) is 11.7. The summed E-state index contributed by atoms with van der Waals surface area (Å²) in [7, 11) is 1.46. The zero-order valence-electron chi connectivity index (χ0n) is 21.1. The van der Waals surface area contributed by atoms with E-state index in [0.29, 0.717) is 5.69 Å². The van der Waals surface area contributed by atoms with E-state index in [2.05, 4.69) is 15.2 Å². The number of hydrogen-bond donors (Lipinski definition) is 2. The van der Waals surface area contributed by atoms with Crippen LogP contribution < -0.4 is 21.9 Å². The number of amides is 2. The predicted molar refractivity (Wildman–Crippen MR) is 136 cm³/mol. The van der Waals surface area contributed by atoms with Crippen molar-refractivity contribution in [1.29, 1.82) is 0 Å². The molecule has 12 heteroatoms. The standard InChI is InChI=1S/C24H32N8O4/c1-15(2)12-30(20-21(25)31(13-16(3)4)24(36)27-22(20)34)19(33)14-29(5)23(35)18-11-26-32(28-18)17-9-7-6-8-10-17/h6-11,15-16H,12-14,25H2,1-5H3,(H,27,34,36). The van der Waals surface area contributed by atoms with Crippen molar-refractivity contribution in [2.24, 2.45) is 11.8 Å². The average Bonchev–Trinajstić information content (AvgIpc) is 3.31. The number of nitrogen functional groups attached to an aromatic ring is 1. The molecule has 0 aliphatic heterocycles. The molecular weight excluding hydrogens is 464 g/mol. The van der Waals surface area contributed by atoms with Crippen LogP contribution in [-0.2, 0) is 11.3 Å². The highest BCUT2D eigenvalue weighted by molar-refractivity contribution is 6.00. The Hall–Kier alpha value is -4.22. The van der Waals surface area contributed by atoms with Gasteiger partial charge in [0.15, 0.2) is 11.4 Å². The third-order valence-electron chi connectivity index (χ3n) is 5.30. The molecule has 0 fully saturated rings. The molecule has 12 nitrogen and oxygen atoms in total. The van der Waals surface area contributed by atoms with Crippen LogP contribution in [0.1, 0.15) is 38.2 Å². The van der Waals surface area contributed by atoms with Gasteiger partial charge >= 0.3 is 5.69 Å². The zero-order valence-corrected chi connectivity index (χ0v) is 21.1. The van der Waals surface area contributed by atoms with Gasteiger partial charge < -0.3 is 15.5 Å². The molecule has 36 heavy (non-hydrogen) atoms. The van der Waals surface area contributed by atoms with Crippen LogP contribution in [0.3, 0.4) is 0 Å². The number of likely N-dealkylation sites (N-methyl/N-ethyl adjacent to an activating group) is 1. The summed E-state index contributed by atoms with van der Waals surface area (Å²) in [4.78, 5) is 57.5. The van der Waals surface area contributed by atoms with Crippen LogP contribution in [0.25, 0.3) is 5.69 Å². The van der Waals surface area contributed by atoms with E-state index in [9.17, 15) is 19.2 Å². The van der Waals surface area contributed by atoms with Crippen molar-refractivity contribution >= 4 is 23.3 Å². The van der Waals surface area contributed by atoms with Crippen molar-refractivity contribution in [3.8, 4) is 5.69 Å². The van der Waals surface area contributed by atoms with E-state index < -0.39 is 23.1 Å². The van der Waals surface area contributed by atoms with Gasteiger partial charge in [-0.05, 0) is 24.0 Å². The number of anilines is 2. The lowest BCUT2D eigenvalue weighted by molar-refractivity contribution is -0.119. The van der Waals surface area contributed by atoms with Crippen molar-refractivity contribution in [2.45, 2.75) is 34.2 Å². The number of hydrogen-bond acceptors (Lipinski definition) is 7. The summed E-state index contributed by atoms with van der Waals surface area (Å²) in [6.07, 6.45) is 1.33. The fraction of sp³-hybridized carbons (Fsp3) is 0.417. The summed E-state index contributed by atoms with van der Waals surface area (Å²) in [5.74, 6) is -1.08. The lowest BCUT2D eigenvalue weighted by atomic mass is 10.2. The van der Waals surface area contributed by atoms with Crippen LogP contribution in [0.4, 0.5) is 11.5 Å². The van der Waals surface area contributed by atoms with Gasteiger partial charge in [0.25, 0.3) is 11.5 Å². The van der Waals surface area contributed by atoms with Crippen LogP contribution in [-0.4, -0.2) is 61.4 Å². The number of para-hydroxylation sites is 1. The van der Waals surface area contributed by atoms with E-state index in [4.69, 9.17) is 5.73 Å². The third-order valence-corrected chi connectivity index (χ3v) is 5.30. The summed E-state index contributed by atoms with van der Waals surface area (Å²) in [6.45, 7) is 7.67. The van der Waals surface area contributed by atoms with E-state index in [1.165, 1.54) is 32.4 Å². The van der Waals surface area contributed by atoms with E-state index >= 15 is 0 Å². The first kappa shape index (κ1) is 26.4. The Bertz CT molecular complexity index is 1340. The van der Waals surface area contributed by atoms with Gasteiger partial charge in [-0.2, -0.15) is 9.90 Å². The normalized spacial score (nSPS) is 11.2. The highest BCUT2D eigenvalue weighted by Crippen LogP contribution is 2.20. The SMILES string of the molecule is CC(C)CN(C(=O)CN(C)C(=O)c1cnn(-c2ccccc2)n1)c1c(N)n(CC(C)C)c(=O)[nH]c1=O. The zero-order chi connectivity index (χ0) is 26.6. The van der Waals surface area contributed by atoms with Crippen LogP contribution in [0.15, 0.2) is 46.1 Å². The van der Waals surface area contributed by atoms with E-state index in [1.807, 2.05) is 45.9 Å². The van der Waals surface area contributed by atoms with Crippen molar-refractivity contribution in [3.63, 3.8) is 0 Å². The summed E-state index contributed by atoms with van der Waals surface area (Å²) >= 11 is 0.